The van der Waals surface area contributed by atoms with Gasteiger partial charge in [0.25, 0.3) is 0 Å². The second kappa shape index (κ2) is 5.18. The molecule has 4 heteroatoms. The third-order valence-corrected chi connectivity index (χ3v) is 2.72. The molecule has 1 N–H and O–H groups in total. The summed E-state index contributed by atoms with van der Waals surface area (Å²) in [7, 11) is 0.647. The number of benzene rings is 1. The maximum absolute atomic E-state index is 10.8. The average Bonchev–Trinajstić information content (AvgIpc) is 2.24. The van der Waals surface area contributed by atoms with Crippen LogP contribution in [0.25, 0.3) is 5.57 Å². The highest BCUT2D eigenvalue weighted by Gasteiger charge is 2.19. The summed E-state index contributed by atoms with van der Waals surface area (Å²) in [5.41, 5.74) is 2.34. The first-order chi connectivity index (χ1) is 7.86. The lowest BCUT2D eigenvalue weighted by Gasteiger charge is -2.23. The van der Waals surface area contributed by atoms with E-state index >= 15 is 0 Å². The summed E-state index contributed by atoms with van der Waals surface area (Å²) in [5, 5.41) is 8.84. The summed E-state index contributed by atoms with van der Waals surface area (Å²) in [6.45, 7) is 6.31. The third-order valence-electron chi connectivity index (χ3n) is 2.49. The number of hydrogen-bond donors (Lipinski definition) is 1. The van der Waals surface area contributed by atoms with Gasteiger partial charge in [0.2, 0.25) is 10.5 Å². The Morgan fingerprint density at radius 2 is 1.71 bits per heavy atom. The van der Waals surface area contributed by atoms with Crippen LogP contribution < -0.4 is 0 Å². The van der Waals surface area contributed by atoms with Crippen LogP contribution in [-0.4, -0.2) is 21.6 Å². The van der Waals surface area contributed by atoms with E-state index in [2.05, 4.69) is 20.8 Å². The Balaban J connectivity index is 3.13. The molecule has 0 heterocycles. The predicted octanol–water partition coefficient (Wildman–Crippen LogP) is 2.07. The first-order valence-electron chi connectivity index (χ1n) is 5.43. The summed E-state index contributed by atoms with van der Waals surface area (Å²) in [6, 6.07) is 6.87. The van der Waals surface area contributed by atoms with Crippen LogP contribution in [0, 0.1) is 5.41 Å². The molecule has 0 unspecified atom stereocenters. The van der Waals surface area contributed by atoms with Crippen LogP contribution in [0.2, 0.25) is 0 Å². The lowest BCUT2D eigenvalue weighted by molar-refractivity contribution is 0.0697. The van der Waals surface area contributed by atoms with E-state index in [4.69, 9.17) is 9.53 Å². The molecule has 0 saturated heterocycles. The Morgan fingerprint density at radius 1 is 1.24 bits per heavy atom. The second-order valence-corrected chi connectivity index (χ2v) is 5.37. The summed E-state index contributed by atoms with van der Waals surface area (Å²) in [5.74, 6) is -0.906. The van der Waals surface area contributed by atoms with Crippen LogP contribution in [-0.2, 0) is 4.43 Å². The molecule has 0 aliphatic heterocycles. The molecule has 17 heavy (non-hydrogen) atoms. The van der Waals surface area contributed by atoms with Crippen molar-refractivity contribution in [2.24, 2.45) is 5.41 Å². The zero-order valence-electron chi connectivity index (χ0n) is 10.7. The van der Waals surface area contributed by atoms with Gasteiger partial charge in [-0.25, -0.2) is 4.79 Å². The fourth-order valence-corrected chi connectivity index (χ4v) is 1.82. The number of carbonyl (C=O) groups is 1. The van der Waals surface area contributed by atoms with E-state index in [0.717, 1.165) is 11.1 Å². The Kier molecular flexibility index (Phi) is 4.12. The van der Waals surface area contributed by atoms with Crippen LogP contribution >= 0.6 is 0 Å². The second-order valence-electron chi connectivity index (χ2n) is 4.90. The minimum atomic E-state index is -0.906. The molecule has 0 amide bonds. The van der Waals surface area contributed by atoms with Gasteiger partial charge in [0.05, 0.1) is 11.8 Å². The van der Waals surface area contributed by atoms with Crippen molar-refractivity contribution in [3.63, 3.8) is 0 Å². The van der Waals surface area contributed by atoms with Gasteiger partial charge in [-0.2, -0.15) is 0 Å². The van der Waals surface area contributed by atoms with Crippen molar-refractivity contribution in [2.45, 2.75) is 20.8 Å². The molecule has 0 aliphatic rings. The average molecular weight is 250 g/mol. The highest BCUT2D eigenvalue weighted by molar-refractivity contribution is 5.99. The van der Waals surface area contributed by atoms with Crippen molar-refractivity contribution in [3.05, 3.63) is 41.7 Å². The monoisotopic (exact) mass is 250 g/mol. The van der Waals surface area contributed by atoms with Crippen LogP contribution in [0.3, 0.4) is 0 Å². The molecule has 0 aliphatic carbocycles. The van der Waals surface area contributed by atoms with Crippen LogP contribution in [0.1, 0.15) is 36.7 Å². The highest BCUT2D eigenvalue weighted by Crippen LogP contribution is 2.33. The molecule has 0 atom stereocenters. The van der Waals surface area contributed by atoms with Gasteiger partial charge in [-0.1, -0.05) is 32.9 Å². The summed E-state index contributed by atoms with van der Waals surface area (Å²) in [6.07, 6.45) is 1.77. The van der Waals surface area contributed by atoms with Crippen LogP contribution in [0.15, 0.2) is 30.5 Å². The van der Waals surface area contributed by atoms with E-state index in [1.165, 1.54) is 0 Å². The van der Waals surface area contributed by atoms with Gasteiger partial charge in [0.1, 0.15) is 0 Å². The number of allylic oxidation sites excluding steroid dienone is 1. The van der Waals surface area contributed by atoms with Crippen molar-refractivity contribution in [1.29, 1.82) is 0 Å². The molecule has 0 aromatic heterocycles. The van der Waals surface area contributed by atoms with Crippen molar-refractivity contribution in [3.8, 4) is 0 Å². The number of rotatable bonds is 3. The van der Waals surface area contributed by atoms with Gasteiger partial charge in [-0.3, -0.25) is 0 Å². The first-order valence-corrected chi connectivity index (χ1v) is 6.25. The number of hydrogen-bond acceptors (Lipinski definition) is 2. The molecule has 0 fully saturated rings. The van der Waals surface area contributed by atoms with Gasteiger partial charge < -0.3 is 9.53 Å². The highest BCUT2D eigenvalue weighted by atomic mass is 28.2. The van der Waals surface area contributed by atoms with Crippen LogP contribution in [0.5, 0.6) is 0 Å². The number of aromatic carboxylic acids is 1. The molecule has 0 radical (unpaired) electrons. The molecule has 1 aromatic carbocycles. The van der Waals surface area contributed by atoms with E-state index in [1.54, 1.807) is 18.4 Å². The first kappa shape index (κ1) is 13.5. The van der Waals surface area contributed by atoms with Crippen molar-refractivity contribution >= 4 is 22.0 Å². The maximum Gasteiger partial charge on any atom is 0.335 e. The largest absolute Gasteiger partial charge is 0.558 e. The Hall–Kier alpha value is -1.55. The SMILES string of the molecule is CC(C)(C)/C(=C/O[SiH3])c1ccc(C(=O)O)cc1. The molecule has 0 bridgehead atoms. The maximum atomic E-state index is 10.8. The van der Waals surface area contributed by atoms with E-state index < -0.39 is 5.97 Å². The number of carboxylic acid groups (broad SMARTS) is 1. The fraction of sp³-hybridized carbons (Fsp3) is 0.308. The quantitative estimate of drug-likeness (QED) is 0.660. The zero-order valence-corrected chi connectivity index (χ0v) is 12.7. The van der Waals surface area contributed by atoms with Gasteiger partial charge in [0, 0.05) is 0 Å². The van der Waals surface area contributed by atoms with Crippen molar-refractivity contribution in [2.75, 3.05) is 0 Å². The van der Waals surface area contributed by atoms with E-state index in [1.807, 2.05) is 12.1 Å². The summed E-state index contributed by atoms with van der Waals surface area (Å²) >= 11 is 0. The van der Waals surface area contributed by atoms with Crippen molar-refractivity contribution < 1.29 is 14.3 Å². The van der Waals surface area contributed by atoms with Gasteiger partial charge in [-0.15, -0.1) is 0 Å². The van der Waals surface area contributed by atoms with E-state index in [-0.39, 0.29) is 5.41 Å². The number of carboxylic acids is 1. The van der Waals surface area contributed by atoms with Crippen molar-refractivity contribution in [1.82, 2.24) is 0 Å². The molecular formula is C13H18O3Si. The minimum absolute atomic E-state index is 0.0326. The van der Waals surface area contributed by atoms with Crippen LogP contribution in [0.4, 0.5) is 0 Å². The molecule has 1 aromatic rings. The molecule has 0 saturated carbocycles. The Morgan fingerprint density at radius 3 is 2.06 bits per heavy atom. The van der Waals surface area contributed by atoms with Gasteiger partial charge >= 0.3 is 5.97 Å². The summed E-state index contributed by atoms with van der Waals surface area (Å²) < 4.78 is 5.22. The molecule has 92 valence electrons. The third kappa shape index (κ3) is 3.46. The fourth-order valence-electron chi connectivity index (χ4n) is 1.59. The minimum Gasteiger partial charge on any atom is -0.558 e. The normalized spacial score (nSPS) is 12.5. The standard InChI is InChI=1S/C13H18O3Si/c1-13(2,3)11(8-16-17)9-4-6-10(7-5-9)12(14)15/h4-8H,1-3,17H3,(H,14,15)/b11-8+. The molecular weight excluding hydrogens is 232 g/mol. The Labute approximate surface area is 105 Å². The lowest BCUT2D eigenvalue weighted by atomic mass is 9.83. The molecule has 1 rings (SSSR count). The topological polar surface area (TPSA) is 46.5 Å². The summed E-state index contributed by atoms with van der Waals surface area (Å²) in [4.78, 5) is 10.8. The van der Waals surface area contributed by atoms with E-state index in [0.29, 0.717) is 16.0 Å². The molecule has 3 nitrogen and oxygen atoms in total. The molecule has 0 spiro atoms. The van der Waals surface area contributed by atoms with Gasteiger partial charge in [0.15, 0.2) is 0 Å². The van der Waals surface area contributed by atoms with E-state index in [9.17, 15) is 4.79 Å². The lowest BCUT2D eigenvalue weighted by Crippen LogP contribution is -2.09. The zero-order chi connectivity index (χ0) is 13.1. The predicted molar refractivity (Wildman–Crippen MR) is 71.9 cm³/mol. The Bertz CT molecular complexity index is 427. The smallest absolute Gasteiger partial charge is 0.335 e. The van der Waals surface area contributed by atoms with Gasteiger partial charge in [-0.05, 0) is 28.7 Å².